The van der Waals surface area contributed by atoms with E-state index in [9.17, 15) is 4.79 Å². The van der Waals surface area contributed by atoms with E-state index >= 15 is 0 Å². The van der Waals surface area contributed by atoms with Crippen LogP contribution in [0, 0.1) is 0 Å². The molecule has 3 rings (SSSR count). The van der Waals surface area contributed by atoms with Gasteiger partial charge in [-0.15, -0.1) is 0 Å². The predicted molar refractivity (Wildman–Crippen MR) is 74.4 cm³/mol. The number of para-hydroxylation sites is 1. The van der Waals surface area contributed by atoms with E-state index in [1.807, 2.05) is 61.6 Å². The fraction of sp³-hybridized carbons (Fsp3) is 0.188. The highest BCUT2D eigenvalue weighted by Gasteiger charge is 2.46. The van der Waals surface area contributed by atoms with Crippen molar-refractivity contribution in [2.45, 2.75) is 12.2 Å². The second-order valence-corrected chi connectivity index (χ2v) is 4.55. The van der Waals surface area contributed by atoms with Crippen molar-refractivity contribution >= 4 is 11.5 Å². The summed E-state index contributed by atoms with van der Waals surface area (Å²) in [5.41, 5.74) is 2.59. The molecule has 1 N–H and O–H groups in total. The van der Waals surface area contributed by atoms with Crippen LogP contribution < -0.4 is 5.32 Å². The lowest BCUT2D eigenvalue weighted by atomic mass is 10.0. The molecule has 1 aliphatic rings. The Labute approximate surface area is 112 Å². The van der Waals surface area contributed by atoms with Crippen LogP contribution in [0.15, 0.2) is 54.6 Å². The zero-order valence-electron chi connectivity index (χ0n) is 10.7. The SMILES string of the molecule is CNc1ccccc1C(=O)[C@@H]1O[C@H]1c1ccccc1. The third kappa shape index (κ3) is 2.25. The first-order chi connectivity index (χ1) is 9.31. The number of hydrogen-bond acceptors (Lipinski definition) is 3. The van der Waals surface area contributed by atoms with Crippen LogP contribution in [0.5, 0.6) is 0 Å². The topological polar surface area (TPSA) is 41.6 Å². The standard InChI is InChI=1S/C16H15NO2/c1-17-13-10-6-5-9-12(13)14(18)16-15(19-16)11-7-3-2-4-8-11/h2-10,15-17H,1H3/t15-,16-/m0/s1. The van der Waals surface area contributed by atoms with Gasteiger partial charge in [0.25, 0.3) is 0 Å². The summed E-state index contributed by atoms with van der Waals surface area (Å²) in [6.07, 6.45) is -0.449. The monoisotopic (exact) mass is 253 g/mol. The number of ether oxygens (including phenoxy) is 1. The lowest BCUT2D eigenvalue weighted by Gasteiger charge is -2.06. The van der Waals surface area contributed by atoms with E-state index in [1.54, 1.807) is 0 Å². The molecule has 2 aromatic carbocycles. The number of nitrogens with one attached hydrogen (secondary N) is 1. The zero-order chi connectivity index (χ0) is 13.2. The van der Waals surface area contributed by atoms with Crippen LogP contribution in [-0.4, -0.2) is 18.9 Å². The number of Topliss-reactive ketones (excluding diaryl/α,β-unsaturated/α-hetero) is 1. The maximum Gasteiger partial charge on any atom is 0.196 e. The molecule has 19 heavy (non-hydrogen) atoms. The van der Waals surface area contributed by atoms with Crippen molar-refractivity contribution in [3.8, 4) is 0 Å². The molecule has 1 fully saturated rings. The highest BCUT2D eigenvalue weighted by atomic mass is 16.6. The Balaban J connectivity index is 1.80. The lowest BCUT2D eigenvalue weighted by molar-refractivity contribution is 0.0954. The van der Waals surface area contributed by atoms with Gasteiger partial charge in [0, 0.05) is 18.3 Å². The molecule has 0 spiro atoms. The first kappa shape index (κ1) is 11.9. The van der Waals surface area contributed by atoms with Gasteiger partial charge in [0.2, 0.25) is 0 Å². The Morgan fingerprint density at radius 3 is 2.47 bits per heavy atom. The third-order valence-electron chi connectivity index (χ3n) is 3.34. The minimum absolute atomic E-state index is 0.0406. The van der Waals surface area contributed by atoms with Crippen molar-refractivity contribution in [3.05, 3.63) is 65.7 Å². The minimum atomic E-state index is -0.350. The summed E-state index contributed by atoms with van der Waals surface area (Å²) in [6.45, 7) is 0. The van der Waals surface area contributed by atoms with Crippen LogP contribution >= 0.6 is 0 Å². The molecule has 0 unspecified atom stereocenters. The number of carbonyl (C=O) groups excluding carboxylic acids is 1. The largest absolute Gasteiger partial charge is 0.388 e. The zero-order valence-corrected chi connectivity index (χ0v) is 10.7. The predicted octanol–water partition coefficient (Wildman–Crippen LogP) is 3.05. The molecule has 0 bridgehead atoms. The third-order valence-corrected chi connectivity index (χ3v) is 3.34. The van der Waals surface area contributed by atoms with Crippen LogP contribution in [0.25, 0.3) is 0 Å². The molecule has 1 aliphatic heterocycles. The smallest absolute Gasteiger partial charge is 0.196 e. The molecule has 96 valence electrons. The van der Waals surface area contributed by atoms with Gasteiger partial charge in [-0.2, -0.15) is 0 Å². The summed E-state index contributed by atoms with van der Waals surface area (Å²) in [5.74, 6) is 0.0406. The fourth-order valence-electron chi connectivity index (χ4n) is 2.28. The lowest BCUT2D eigenvalue weighted by Crippen LogP contribution is -2.10. The average molecular weight is 253 g/mol. The number of benzene rings is 2. The molecule has 0 aliphatic carbocycles. The van der Waals surface area contributed by atoms with Crippen molar-refractivity contribution in [2.24, 2.45) is 0 Å². The normalized spacial score (nSPS) is 20.9. The van der Waals surface area contributed by atoms with E-state index in [4.69, 9.17) is 4.74 Å². The summed E-state index contributed by atoms with van der Waals surface area (Å²) in [4.78, 5) is 12.4. The Hall–Kier alpha value is -2.13. The summed E-state index contributed by atoms with van der Waals surface area (Å²) >= 11 is 0. The molecule has 0 aromatic heterocycles. The molecule has 3 nitrogen and oxygen atoms in total. The van der Waals surface area contributed by atoms with Crippen LogP contribution in [0.3, 0.4) is 0 Å². The van der Waals surface area contributed by atoms with Crippen LogP contribution in [0.4, 0.5) is 5.69 Å². The number of rotatable bonds is 4. The van der Waals surface area contributed by atoms with Crippen molar-refractivity contribution < 1.29 is 9.53 Å². The van der Waals surface area contributed by atoms with Gasteiger partial charge < -0.3 is 10.1 Å². The van der Waals surface area contributed by atoms with Crippen molar-refractivity contribution in [1.29, 1.82) is 0 Å². The number of epoxide rings is 1. The summed E-state index contributed by atoms with van der Waals surface area (Å²) in [5, 5.41) is 3.04. The van der Waals surface area contributed by atoms with Gasteiger partial charge in [-0.25, -0.2) is 0 Å². The maximum atomic E-state index is 12.4. The Kier molecular flexibility index (Phi) is 3.05. The quantitative estimate of drug-likeness (QED) is 0.672. The summed E-state index contributed by atoms with van der Waals surface area (Å²) in [7, 11) is 1.81. The van der Waals surface area contributed by atoms with E-state index in [2.05, 4.69) is 5.32 Å². The van der Waals surface area contributed by atoms with Gasteiger partial charge in [0.15, 0.2) is 11.9 Å². The molecule has 1 heterocycles. The van der Waals surface area contributed by atoms with E-state index in [0.717, 1.165) is 11.3 Å². The number of carbonyl (C=O) groups is 1. The van der Waals surface area contributed by atoms with Crippen LogP contribution in [0.2, 0.25) is 0 Å². The maximum absolute atomic E-state index is 12.4. The molecule has 3 heteroatoms. The second-order valence-electron chi connectivity index (χ2n) is 4.55. The Morgan fingerprint density at radius 2 is 1.74 bits per heavy atom. The number of anilines is 1. The molecular formula is C16H15NO2. The molecule has 2 aromatic rings. The molecule has 0 saturated carbocycles. The van der Waals surface area contributed by atoms with Crippen molar-refractivity contribution in [3.63, 3.8) is 0 Å². The Bertz CT molecular complexity index is 595. The van der Waals surface area contributed by atoms with Gasteiger partial charge in [-0.3, -0.25) is 4.79 Å². The van der Waals surface area contributed by atoms with Gasteiger partial charge in [0.05, 0.1) is 0 Å². The number of hydrogen-bond donors (Lipinski definition) is 1. The Morgan fingerprint density at radius 1 is 1.05 bits per heavy atom. The molecule has 1 saturated heterocycles. The van der Waals surface area contributed by atoms with Gasteiger partial charge >= 0.3 is 0 Å². The molecule has 2 atom stereocenters. The minimum Gasteiger partial charge on any atom is -0.388 e. The van der Waals surface area contributed by atoms with E-state index in [1.165, 1.54) is 0 Å². The van der Waals surface area contributed by atoms with E-state index in [0.29, 0.717) is 5.56 Å². The average Bonchev–Trinajstić information content (AvgIpc) is 3.28. The first-order valence-electron chi connectivity index (χ1n) is 6.32. The number of ketones is 1. The van der Waals surface area contributed by atoms with E-state index in [-0.39, 0.29) is 18.0 Å². The van der Waals surface area contributed by atoms with Crippen molar-refractivity contribution in [2.75, 3.05) is 12.4 Å². The van der Waals surface area contributed by atoms with Crippen molar-refractivity contribution in [1.82, 2.24) is 0 Å². The molecular weight excluding hydrogens is 238 g/mol. The molecule has 0 radical (unpaired) electrons. The van der Waals surface area contributed by atoms with Crippen LogP contribution in [0.1, 0.15) is 22.0 Å². The highest BCUT2D eigenvalue weighted by molar-refractivity contribution is 6.05. The summed E-state index contributed by atoms with van der Waals surface area (Å²) in [6, 6.07) is 17.4. The summed E-state index contributed by atoms with van der Waals surface area (Å²) < 4.78 is 5.54. The molecule has 0 amide bonds. The van der Waals surface area contributed by atoms with E-state index < -0.39 is 0 Å². The van der Waals surface area contributed by atoms with Crippen LogP contribution in [-0.2, 0) is 4.74 Å². The highest BCUT2D eigenvalue weighted by Crippen LogP contribution is 2.41. The van der Waals surface area contributed by atoms with Gasteiger partial charge in [0.1, 0.15) is 6.10 Å². The van der Waals surface area contributed by atoms with Gasteiger partial charge in [-0.05, 0) is 17.7 Å². The van der Waals surface area contributed by atoms with Gasteiger partial charge in [-0.1, -0.05) is 42.5 Å². The second kappa shape index (κ2) is 4.86. The fourth-order valence-corrected chi connectivity index (χ4v) is 2.28. The first-order valence-corrected chi connectivity index (χ1v) is 6.32.